The Morgan fingerprint density at radius 3 is 2.81 bits per heavy atom. The van der Waals surface area contributed by atoms with Crippen molar-refractivity contribution in [3.8, 4) is 11.3 Å². The molecule has 0 saturated carbocycles. The Morgan fingerprint density at radius 2 is 2.12 bits per heavy atom. The molecular weight excluding hydrogens is 266 g/mol. The van der Waals surface area contributed by atoms with Crippen LogP contribution in [0.3, 0.4) is 0 Å². The van der Waals surface area contributed by atoms with Crippen molar-refractivity contribution in [3.05, 3.63) is 40.0 Å². The molecule has 0 amide bonds. The second-order valence-corrected chi connectivity index (χ2v) is 4.51. The van der Waals surface area contributed by atoms with Gasteiger partial charge in [-0.25, -0.2) is 0 Å². The van der Waals surface area contributed by atoms with Gasteiger partial charge in [0, 0.05) is 12.0 Å². The molecule has 2 rings (SSSR count). The molecule has 4 heteroatoms. The Balaban J connectivity index is 2.45. The van der Waals surface area contributed by atoms with Gasteiger partial charge in [0.2, 0.25) is 0 Å². The largest absolute Gasteiger partial charge is 0.330 e. The first kappa shape index (κ1) is 11.4. The van der Waals surface area contributed by atoms with Crippen molar-refractivity contribution in [1.29, 1.82) is 0 Å². The zero-order valence-electron chi connectivity index (χ0n) is 9.13. The van der Waals surface area contributed by atoms with E-state index in [0.29, 0.717) is 6.54 Å². The number of benzene rings is 1. The van der Waals surface area contributed by atoms with Crippen molar-refractivity contribution in [1.82, 2.24) is 10.2 Å². The van der Waals surface area contributed by atoms with E-state index in [0.717, 1.165) is 27.8 Å². The van der Waals surface area contributed by atoms with E-state index < -0.39 is 0 Å². The lowest BCUT2D eigenvalue weighted by Crippen LogP contribution is -2.03. The number of rotatable bonds is 3. The summed E-state index contributed by atoms with van der Waals surface area (Å²) in [6.45, 7) is 2.70. The molecule has 84 valence electrons. The average molecular weight is 280 g/mol. The van der Waals surface area contributed by atoms with Crippen LogP contribution in [0.5, 0.6) is 0 Å². The predicted octanol–water partition coefficient (Wildman–Crippen LogP) is 2.65. The van der Waals surface area contributed by atoms with E-state index in [1.807, 2.05) is 12.1 Å². The van der Waals surface area contributed by atoms with Gasteiger partial charge in [0.25, 0.3) is 0 Å². The molecule has 0 saturated heterocycles. The van der Waals surface area contributed by atoms with Crippen LogP contribution in [-0.2, 0) is 6.42 Å². The highest BCUT2D eigenvalue weighted by Crippen LogP contribution is 2.30. The molecule has 0 atom stereocenters. The molecule has 3 nitrogen and oxygen atoms in total. The molecular formula is C12H14BrN3. The van der Waals surface area contributed by atoms with Crippen LogP contribution in [0.4, 0.5) is 0 Å². The number of aromatic amines is 1. The summed E-state index contributed by atoms with van der Waals surface area (Å²) < 4.78 is 1.02. The van der Waals surface area contributed by atoms with Crippen LogP contribution in [0.25, 0.3) is 11.3 Å². The van der Waals surface area contributed by atoms with Crippen LogP contribution in [0.1, 0.15) is 11.3 Å². The molecule has 1 aromatic carbocycles. The Kier molecular flexibility index (Phi) is 3.41. The maximum Gasteiger partial charge on any atom is 0.107 e. The highest BCUT2D eigenvalue weighted by atomic mass is 79.9. The van der Waals surface area contributed by atoms with Gasteiger partial charge in [-0.2, -0.15) is 5.10 Å². The van der Waals surface area contributed by atoms with Gasteiger partial charge in [-0.1, -0.05) is 24.3 Å². The maximum absolute atomic E-state index is 5.54. The number of hydrogen-bond acceptors (Lipinski definition) is 2. The molecule has 0 aliphatic rings. The summed E-state index contributed by atoms with van der Waals surface area (Å²) in [5.74, 6) is 0. The van der Waals surface area contributed by atoms with Gasteiger partial charge in [-0.3, -0.25) is 5.10 Å². The third-order valence-electron chi connectivity index (χ3n) is 2.57. The SMILES string of the molecule is Cc1ccccc1-c1n[nH]c(CCN)c1Br. The average Bonchev–Trinajstić information content (AvgIpc) is 2.62. The summed E-state index contributed by atoms with van der Waals surface area (Å²) in [5.41, 5.74) is 9.92. The first-order valence-corrected chi connectivity index (χ1v) is 6.02. The van der Waals surface area contributed by atoms with E-state index in [9.17, 15) is 0 Å². The van der Waals surface area contributed by atoms with E-state index in [1.54, 1.807) is 0 Å². The molecule has 2 aromatic rings. The fourth-order valence-corrected chi connectivity index (χ4v) is 2.28. The number of nitrogens with two attached hydrogens (primary N) is 1. The van der Waals surface area contributed by atoms with Gasteiger partial charge in [0.05, 0.1) is 10.2 Å². The van der Waals surface area contributed by atoms with Crippen LogP contribution in [0, 0.1) is 6.92 Å². The van der Waals surface area contributed by atoms with Crippen molar-refractivity contribution >= 4 is 15.9 Å². The van der Waals surface area contributed by atoms with Gasteiger partial charge in [0.15, 0.2) is 0 Å². The number of hydrogen-bond donors (Lipinski definition) is 2. The minimum absolute atomic E-state index is 0.619. The zero-order chi connectivity index (χ0) is 11.5. The van der Waals surface area contributed by atoms with Crippen LogP contribution in [0.15, 0.2) is 28.7 Å². The molecule has 0 aliphatic carbocycles. The number of nitrogens with zero attached hydrogens (tertiary/aromatic N) is 1. The second-order valence-electron chi connectivity index (χ2n) is 3.72. The van der Waals surface area contributed by atoms with Crippen LogP contribution >= 0.6 is 15.9 Å². The predicted molar refractivity (Wildman–Crippen MR) is 69.2 cm³/mol. The lowest BCUT2D eigenvalue weighted by atomic mass is 10.1. The number of nitrogens with one attached hydrogen (secondary N) is 1. The normalized spacial score (nSPS) is 10.7. The quantitative estimate of drug-likeness (QED) is 0.908. The summed E-state index contributed by atoms with van der Waals surface area (Å²) in [5, 5.41) is 7.36. The lowest BCUT2D eigenvalue weighted by molar-refractivity contribution is 0.898. The molecule has 3 N–H and O–H groups in total. The smallest absolute Gasteiger partial charge is 0.107 e. The van der Waals surface area contributed by atoms with E-state index in [4.69, 9.17) is 5.73 Å². The minimum Gasteiger partial charge on any atom is -0.330 e. The molecule has 0 spiro atoms. The van der Waals surface area contributed by atoms with Crippen LogP contribution < -0.4 is 5.73 Å². The van der Waals surface area contributed by atoms with E-state index in [1.165, 1.54) is 5.56 Å². The number of halogens is 1. The van der Waals surface area contributed by atoms with Crippen molar-refractivity contribution in [2.24, 2.45) is 5.73 Å². The minimum atomic E-state index is 0.619. The fourth-order valence-electron chi connectivity index (χ4n) is 1.69. The van der Waals surface area contributed by atoms with Gasteiger partial charge >= 0.3 is 0 Å². The zero-order valence-corrected chi connectivity index (χ0v) is 10.7. The maximum atomic E-state index is 5.54. The molecule has 16 heavy (non-hydrogen) atoms. The Morgan fingerprint density at radius 1 is 1.38 bits per heavy atom. The van der Waals surface area contributed by atoms with Crippen LogP contribution in [-0.4, -0.2) is 16.7 Å². The van der Waals surface area contributed by atoms with Crippen molar-refractivity contribution < 1.29 is 0 Å². The van der Waals surface area contributed by atoms with Crippen LogP contribution in [0.2, 0.25) is 0 Å². The van der Waals surface area contributed by atoms with Crippen molar-refractivity contribution in [2.45, 2.75) is 13.3 Å². The lowest BCUT2D eigenvalue weighted by Gasteiger charge is -2.02. The molecule has 0 radical (unpaired) electrons. The number of aryl methyl sites for hydroxylation is 1. The number of aromatic nitrogens is 2. The fraction of sp³-hybridized carbons (Fsp3) is 0.250. The third-order valence-corrected chi connectivity index (χ3v) is 3.42. The van der Waals surface area contributed by atoms with E-state index in [2.05, 4.69) is 45.2 Å². The topological polar surface area (TPSA) is 54.7 Å². The summed E-state index contributed by atoms with van der Waals surface area (Å²) in [7, 11) is 0. The first-order chi connectivity index (χ1) is 7.74. The first-order valence-electron chi connectivity index (χ1n) is 5.23. The molecule has 0 unspecified atom stereocenters. The molecule has 0 fully saturated rings. The highest BCUT2D eigenvalue weighted by Gasteiger charge is 2.12. The highest BCUT2D eigenvalue weighted by molar-refractivity contribution is 9.10. The molecule has 1 aromatic heterocycles. The Hall–Kier alpha value is -1.13. The summed E-state index contributed by atoms with van der Waals surface area (Å²) >= 11 is 3.57. The monoisotopic (exact) mass is 279 g/mol. The summed E-state index contributed by atoms with van der Waals surface area (Å²) in [6.07, 6.45) is 0.805. The number of H-pyrrole nitrogens is 1. The summed E-state index contributed by atoms with van der Waals surface area (Å²) in [4.78, 5) is 0. The van der Waals surface area contributed by atoms with Gasteiger partial charge in [0.1, 0.15) is 5.69 Å². The third kappa shape index (κ3) is 2.03. The van der Waals surface area contributed by atoms with Gasteiger partial charge < -0.3 is 5.73 Å². The van der Waals surface area contributed by atoms with Gasteiger partial charge in [-0.05, 0) is 35.0 Å². The Bertz CT molecular complexity index is 491. The molecule has 0 aliphatic heterocycles. The second kappa shape index (κ2) is 4.80. The van der Waals surface area contributed by atoms with E-state index in [-0.39, 0.29) is 0 Å². The standard InChI is InChI=1S/C12H14BrN3/c1-8-4-2-3-5-9(8)12-11(13)10(6-7-14)15-16-12/h2-5H,6-7,14H2,1H3,(H,15,16). The van der Waals surface area contributed by atoms with Crippen molar-refractivity contribution in [3.63, 3.8) is 0 Å². The van der Waals surface area contributed by atoms with Gasteiger partial charge in [-0.15, -0.1) is 0 Å². The van der Waals surface area contributed by atoms with E-state index >= 15 is 0 Å². The Labute approximate surface area is 103 Å². The van der Waals surface area contributed by atoms with Crippen molar-refractivity contribution in [2.75, 3.05) is 6.54 Å². The summed E-state index contributed by atoms with van der Waals surface area (Å²) in [6, 6.07) is 8.20. The molecule has 0 bridgehead atoms. The molecule has 1 heterocycles.